The number of methoxy groups -OCH3 is 1. The van der Waals surface area contributed by atoms with E-state index in [0.717, 1.165) is 9.75 Å². The Bertz CT molecular complexity index is 674. The zero-order valence-corrected chi connectivity index (χ0v) is 12.6. The number of hydrogen-bond donors (Lipinski definition) is 1. The molecule has 0 atom stereocenters. The molecule has 0 fully saturated rings. The molecule has 0 saturated heterocycles. The van der Waals surface area contributed by atoms with Crippen molar-refractivity contribution < 1.29 is 14.3 Å². The maximum Gasteiger partial charge on any atom is 0.354 e. The first kappa shape index (κ1) is 15.0. The van der Waals surface area contributed by atoms with Crippen LogP contribution in [-0.2, 0) is 9.53 Å². The Kier molecular flexibility index (Phi) is 4.90. The van der Waals surface area contributed by atoms with Crippen LogP contribution in [0.2, 0.25) is 0 Å². The van der Waals surface area contributed by atoms with Gasteiger partial charge in [-0.1, -0.05) is 18.2 Å². The molecule has 0 aliphatic rings. The number of ether oxygens (including phenoxy) is 1. The molecule has 0 aliphatic heterocycles. The smallest absolute Gasteiger partial charge is 0.354 e. The third-order valence-corrected chi connectivity index (χ3v) is 3.68. The first-order valence-corrected chi connectivity index (χ1v) is 7.14. The number of nitrogens with one attached hydrogen (secondary N) is 1. The molecule has 2 aromatic rings. The molecule has 1 aromatic carbocycles. The molecule has 1 amide bonds. The Balaban J connectivity index is 2.23. The number of thiophene rings is 1. The van der Waals surface area contributed by atoms with E-state index < -0.39 is 5.97 Å². The zero-order chi connectivity index (χ0) is 15.2. The summed E-state index contributed by atoms with van der Waals surface area (Å²) in [7, 11) is 1.28. The molecule has 0 radical (unpaired) electrons. The Morgan fingerprint density at radius 1 is 1.14 bits per heavy atom. The van der Waals surface area contributed by atoms with E-state index in [1.54, 1.807) is 30.3 Å². The Hall–Kier alpha value is -2.40. The van der Waals surface area contributed by atoms with E-state index in [9.17, 15) is 9.59 Å². The van der Waals surface area contributed by atoms with Crippen LogP contribution in [0, 0.1) is 6.92 Å². The minimum absolute atomic E-state index is 0.119. The average Bonchev–Trinajstić information content (AvgIpc) is 2.91. The van der Waals surface area contributed by atoms with Gasteiger partial charge in [-0.05, 0) is 37.3 Å². The molecule has 1 heterocycles. The summed E-state index contributed by atoms with van der Waals surface area (Å²) in [5.41, 5.74) is 0.600. The van der Waals surface area contributed by atoms with E-state index >= 15 is 0 Å². The standard InChI is InChI=1S/C16H15NO3S/c1-11-8-9-13(21-11)10-14(16(19)20-2)17-15(18)12-6-4-3-5-7-12/h3-10H,1-2H3,(H,17,18). The first-order chi connectivity index (χ1) is 10.1. The quantitative estimate of drug-likeness (QED) is 0.697. The molecule has 0 saturated carbocycles. The van der Waals surface area contributed by atoms with Crippen LogP contribution in [0.15, 0.2) is 48.2 Å². The number of carbonyl (C=O) groups excluding carboxylic acids is 2. The normalized spacial score (nSPS) is 11.0. The summed E-state index contributed by atoms with van der Waals surface area (Å²) >= 11 is 1.53. The Morgan fingerprint density at radius 2 is 1.86 bits per heavy atom. The van der Waals surface area contributed by atoms with Crippen LogP contribution in [0.5, 0.6) is 0 Å². The van der Waals surface area contributed by atoms with Crippen LogP contribution in [-0.4, -0.2) is 19.0 Å². The van der Waals surface area contributed by atoms with E-state index in [0.29, 0.717) is 5.56 Å². The lowest BCUT2D eigenvalue weighted by molar-refractivity contribution is -0.136. The van der Waals surface area contributed by atoms with Gasteiger partial charge in [-0.2, -0.15) is 0 Å². The van der Waals surface area contributed by atoms with Crippen molar-refractivity contribution in [3.8, 4) is 0 Å². The van der Waals surface area contributed by atoms with Gasteiger partial charge in [-0.25, -0.2) is 4.79 Å². The zero-order valence-electron chi connectivity index (χ0n) is 11.8. The molecule has 21 heavy (non-hydrogen) atoms. The summed E-state index contributed by atoms with van der Waals surface area (Å²) in [6, 6.07) is 12.5. The van der Waals surface area contributed by atoms with Gasteiger partial charge in [-0.3, -0.25) is 4.79 Å². The van der Waals surface area contributed by atoms with Crippen molar-refractivity contribution >= 4 is 29.3 Å². The second kappa shape index (κ2) is 6.85. The predicted octanol–water partition coefficient (Wildman–Crippen LogP) is 3.00. The molecule has 1 N–H and O–H groups in total. The predicted molar refractivity (Wildman–Crippen MR) is 83.0 cm³/mol. The van der Waals surface area contributed by atoms with Crippen molar-refractivity contribution in [3.63, 3.8) is 0 Å². The van der Waals surface area contributed by atoms with Crippen LogP contribution in [0.1, 0.15) is 20.1 Å². The fourth-order valence-electron chi connectivity index (χ4n) is 1.71. The van der Waals surface area contributed by atoms with Crippen molar-refractivity contribution in [1.29, 1.82) is 0 Å². The van der Waals surface area contributed by atoms with E-state index in [1.165, 1.54) is 18.4 Å². The van der Waals surface area contributed by atoms with Crippen LogP contribution in [0.25, 0.3) is 6.08 Å². The molecule has 0 spiro atoms. The largest absolute Gasteiger partial charge is 0.464 e. The third-order valence-electron chi connectivity index (χ3n) is 2.74. The number of rotatable bonds is 4. The van der Waals surface area contributed by atoms with Gasteiger partial charge in [0.05, 0.1) is 7.11 Å². The molecule has 4 nitrogen and oxygen atoms in total. The number of amides is 1. The van der Waals surface area contributed by atoms with Crippen molar-refractivity contribution in [1.82, 2.24) is 5.32 Å². The Labute approximate surface area is 127 Å². The van der Waals surface area contributed by atoms with Gasteiger partial charge in [0.25, 0.3) is 5.91 Å². The summed E-state index contributed by atoms with van der Waals surface area (Å²) in [6.07, 6.45) is 1.62. The summed E-state index contributed by atoms with van der Waals surface area (Å²) in [5.74, 6) is -0.925. The molecule has 0 aliphatic carbocycles. The molecule has 0 unspecified atom stereocenters. The number of carbonyl (C=O) groups is 2. The summed E-state index contributed by atoms with van der Waals surface area (Å²) in [5, 5.41) is 2.60. The van der Waals surface area contributed by atoms with Gasteiger partial charge in [0, 0.05) is 15.3 Å². The highest BCUT2D eigenvalue weighted by molar-refractivity contribution is 7.12. The summed E-state index contributed by atoms with van der Waals surface area (Å²) < 4.78 is 4.71. The van der Waals surface area contributed by atoms with Crippen LogP contribution in [0.3, 0.4) is 0 Å². The highest BCUT2D eigenvalue weighted by Crippen LogP contribution is 2.18. The molecular formula is C16H15NO3S. The molecule has 1 aromatic heterocycles. The average molecular weight is 301 g/mol. The maximum atomic E-state index is 12.1. The number of aryl methyl sites for hydroxylation is 1. The van der Waals surface area contributed by atoms with Gasteiger partial charge in [0.15, 0.2) is 0 Å². The number of hydrogen-bond acceptors (Lipinski definition) is 4. The van der Waals surface area contributed by atoms with Crippen LogP contribution < -0.4 is 5.32 Å². The van der Waals surface area contributed by atoms with Crippen molar-refractivity contribution in [3.05, 3.63) is 63.5 Å². The third kappa shape index (κ3) is 4.03. The molecular weight excluding hydrogens is 286 g/mol. The van der Waals surface area contributed by atoms with Gasteiger partial charge in [0.1, 0.15) is 5.70 Å². The topological polar surface area (TPSA) is 55.4 Å². The highest BCUT2D eigenvalue weighted by Gasteiger charge is 2.15. The van der Waals surface area contributed by atoms with Gasteiger partial charge >= 0.3 is 5.97 Å². The van der Waals surface area contributed by atoms with Crippen molar-refractivity contribution in [2.75, 3.05) is 7.11 Å². The fraction of sp³-hybridized carbons (Fsp3) is 0.125. The lowest BCUT2D eigenvalue weighted by Crippen LogP contribution is -2.27. The number of esters is 1. The maximum absolute atomic E-state index is 12.1. The monoisotopic (exact) mass is 301 g/mol. The minimum atomic E-state index is -0.578. The van der Waals surface area contributed by atoms with Gasteiger partial charge < -0.3 is 10.1 Å². The molecule has 108 valence electrons. The van der Waals surface area contributed by atoms with E-state index in [4.69, 9.17) is 4.74 Å². The highest BCUT2D eigenvalue weighted by atomic mass is 32.1. The molecule has 0 bridgehead atoms. The SMILES string of the molecule is COC(=O)C(=Cc1ccc(C)s1)NC(=O)c1ccccc1. The van der Waals surface area contributed by atoms with Crippen LogP contribution >= 0.6 is 11.3 Å². The van der Waals surface area contributed by atoms with Crippen molar-refractivity contribution in [2.45, 2.75) is 6.92 Å². The van der Waals surface area contributed by atoms with Gasteiger partial charge in [0.2, 0.25) is 0 Å². The summed E-state index contributed by atoms with van der Waals surface area (Å²) in [6.45, 7) is 1.97. The first-order valence-electron chi connectivity index (χ1n) is 6.33. The molecule has 5 heteroatoms. The van der Waals surface area contributed by atoms with E-state index in [-0.39, 0.29) is 11.6 Å². The van der Waals surface area contributed by atoms with E-state index in [1.807, 2.05) is 25.1 Å². The minimum Gasteiger partial charge on any atom is -0.464 e. The second-order valence-corrected chi connectivity index (χ2v) is 5.64. The van der Waals surface area contributed by atoms with Crippen molar-refractivity contribution in [2.24, 2.45) is 0 Å². The Morgan fingerprint density at radius 3 is 2.43 bits per heavy atom. The lowest BCUT2D eigenvalue weighted by atomic mass is 10.2. The van der Waals surface area contributed by atoms with Crippen LogP contribution in [0.4, 0.5) is 0 Å². The lowest BCUT2D eigenvalue weighted by Gasteiger charge is -2.07. The fourth-order valence-corrected chi connectivity index (χ4v) is 2.53. The van der Waals surface area contributed by atoms with E-state index in [2.05, 4.69) is 5.32 Å². The number of benzene rings is 1. The summed E-state index contributed by atoms with van der Waals surface area (Å²) in [4.78, 5) is 25.9. The second-order valence-electron chi connectivity index (χ2n) is 4.32. The van der Waals surface area contributed by atoms with Gasteiger partial charge in [-0.15, -0.1) is 11.3 Å². The molecule has 2 rings (SSSR count).